The molecule has 1 aromatic rings. The molecule has 0 aliphatic heterocycles. The highest BCUT2D eigenvalue weighted by Gasteiger charge is 2.26. The number of aliphatic hydroxyl groups excluding tert-OH is 3. The molecule has 8 nitrogen and oxygen atoms in total. The number of rotatable bonds is 9. The number of carbonyl (C=O) groups excluding carboxylic acids is 2. The summed E-state index contributed by atoms with van der Waals surface area (Å²) in [5.41, 5.74) is 1.83. The van der Waals surface area contributed by atoms with Crippen molar-refractivity contribution in [3.63, 3.8) is 0 Å². The lowest BCUT2D eigenvalue weighted by Gasteiger charge is -2.23. The van der Waals surface area contributed by atoms with Gasteiger partial charge in [0.15, 0.2) is 5.78 Å². The van der Waals surface area contributed by atoms with E-state index in [-0.39, 0.29) is 55.8 Å². The Balaban J connectivity index is 2.17. The number of aliphatic hydroxyl groups is 3. The molecule has 0 aromatic heterocycles. The fraction of sp³-hybridized carbons (Fsp3) is 0.421. The maximum atomic E-state index is 12.3. The number of benzene rings is 1. The molecule has 0 saturated carbocycles. The van der Waals surface area contributed by atoms with Crippen molar-refractivity contribution in [2.45, 2.75) is 6.42 Å². The maximum Gasteiger partial charge on any atom is 0.202 e. The zero-order valence-electron chi connectivity index (χ0n) is 15.3. The fourth-order valence-corrected chi connectivity index (χ4v) is 2.81. The average molecular weight is 375 g/mol. The molecule has 0 atom stereocenters. The van der Waals surface area contributed by atoms with E-state index in [9.17, 15) is 9.59 Å². The second-order valence-corrected chi connectivity index (χ2v) is 6.15. The van der Waals surface area contributed by atoms with E-state index < -0.39 is 0 Å². The molecule has 1 aromatic carbocycles. The third-order valence-electron chi connectivity index (χ3n) is 4.23. The highest BCUT2D eigenvalue weighted by Crippen LogP contribution is 2.22. The van der Waals surface area contributed by atoms with Gasteiger partial charge in [-0.1, -0.05) is 0 Å². The molecular formula is C19H25N3O5. The molecule has 0 amide bonds. The number of hydrogen-bond acceptors (Lipinski definition) is 8. The van der Waals surface area contributed by atoms with E-state index in [4.69, 9.17) is 15.3 Å². The molecule has 3 N–H and O–H groups in total. The highest BCUT2D eigenvalue weighted by atomic mass is 16.3. The summed E-state index contributed by atoms with van der Waals surface area (Å²) in [4.78, 5) is 32.2. The Morgan fingerprint density at radius 1 is 0.963 bits per heavy atom. The summed E-state index contributed by atoms with van der Waals surface area (Å²) >= 11 is 0. The summed E-state index contributed by atoms with van der Waals surface area (Å²) < 4.78 is 0. The molecule has 1 aliphatic carbocycles. The van der Waals surface area contributed by atoms with Crippen molar-refractivity contribution in [2.24, 2.45) is 4.99 Å². The summed E-state index contributed by atoms with van der Waals surface area (Å²) in [5.74, 6) is -0.529. The van der Waals surface area contributed by atoms with Crippen molar-refractivity contribution in [2.75, 3.05) is 51.4 Å². The monoisotopic (exact) mass is 375 g/mol. The number of nitrogens with zero attached hydrogens (tertiary/aromatic N) is 3. The van der Waals surface area contributed by atoms with Crippen LogP contribution in [0.2, 0.25) is 0 Å². The lowest BCUT2D eigenvalue weighted by atomic mass is 9.99. The van der Waals surface area contributed by atoms with Gasteiger partial charge in [-0.15, -0.1) is 0 Å². The van der Waals surface area contributed by atoms with Crippen LogP contribution in [0.15, 0.2) is 41.0 Å². The molecule has 8 heteroatoms. The van der Waals surface area contributed by atoms with Crippen molar-refractivity contribution in [3.8, 4) is 0 Å². The number of hydrogen-bond donors (Lipinski definition) is 3. The van der Waals surface area contributed by atoms with Crippen molar-refractivity contribution in [3.05, 3.63) is 36.0 Å². The fourth-order valence-electron chi connectivity index (χ4n) is 2.81. The van der Waals surface area contributed by atoms with Gasteiger partial charge in [-0.3, -0.25) is 9.59 Å². The first kappa shape index (κ1) is 20.8. The number of anilines is 1. The Labute approximate surface area is 158 Å². The predicted octanol–water partition coefficient (Wildman–Crippen LogP) is -0.100. The van der Waals surface area contributed by atoms with Crippen LogP contribution in [0.5, 0.6) is 0 Å². The van der Waals surface area contributed by atoms with Crippen LogP contribution in [0, 0.1) is 0 Å². The molecule has 0 fully saturated rings. The highest BCUT2D eigenvalue weighted by molar-refractivity contribution is 6.50. The number of ketones is 2. The Bertz CT molecular complexity index is 721. The van der Waals surface area contributed by atoms with Crippen LogP contribution >= 0.6 is 0 Å². The number of Topliss-reactive ketones (excluding diaryl/α,β-unsaturated/α-hetero) is 1. The lowest BCUT2D eigenvalue weighted by molar-refractivity contribution is -0.118. The van der Waals surface area contributed by atoms with E-state index in [0.717, 1.165) is 5.69 Å². The maximum absolute atomic E-state index is 12.3. The zero-order chi connectivity index (χ0) is 19.8. The Morgan fingerprint density at radius 3 is 2.11 bits per heavy atom. The molecule has 0 heterocycles. The molecular weight excluding hydrogens is 350 g/mol. The first-order valence-electron chi connectivity index (χ1n) is 8.75. The molecule has 1 aliphatic rings. The molecule has 0 bridgehead atoms. The standard InChI is InChI=1S/C19H25N3O5/c1-21(6-9-23)17-13-18(26)16(12-19(17)27)20-14-2-4-15(5-3-14)22(7-10-24)8-11-25/h2-5,13,23-25H,6-12H2,1H3. The van der Waals surface area contributed by atoms with Crippen molar-refractivity contribution in [1.82, 2.24) is 4.90 Å². The van der Waals surface area contributed by atoms with Gasteiger partial charge in [0.25, 0.3) is 0 Å². The molecule has 0 unspecified atom stereocenters. The van der Waals surface area contributed by atoms with Gasteiger partial charge in [0, 0.05) is 38.4 Å². The molecule has 0 radical (unpaired) electrons. The number of aliphatic imine (C=N–C) groups is 1. The van der Waals surface area contributed by atoms with Crippen molar-refractivity contribution >= 4 is 28.7 Å². The quantitative estimate of drug-likeness (QED) is 0.552. The van der Waals surface area contributed by atoms with E-state index in [1.54, 1.807) is 36.2 Å². The van der Waals surface area contributed by atoms with Crippen LogP contribution in [0.1, 0.15) is 6.42 Å². The van der Waals surface area contributed by atoms with E-state index in [2.05, 4.69) is 4.99 Å². The van der Waals surface area contributed by atoms with Crippen LogP contribution in [0.25, 0.3) is 0 Å². The van der Waals surface area contributed by atoms with Gasteiger partial charge < -0.3 is 25.1 Å². The van der Waals surface area contributed by atoms with Gasteiger partial charge in [-0.2, -0.15) is 0 Å². The third-order valence-corrected chi connectivity index (χ3v) is 4.23. The van der Waals surface area contributed by atoms with Crippen LogP contribution < -0.4 is 4.90 Å². The summed E-state index contributed by atoms with van der Waals surface area (Å²) in [5, 5.41) is 27.2. The van der Waals surface area contributed by atoms with Gasteiger partial charge in [-0.05, 0) is 24.3 Å². The van der Waals surface area contributed by atoms with Crippen molar-refractivity contribution < 1.29 is 24.9 Å². The molecule has 0 spiro atoms. The third kappa shape index (κ3) is 5.46. The van der Waals surface area contributed by atoms with E-state index in [1.807, 2.05) is 4.90 Å². The van der Waals surface area contributed by atoms with Crippen LogP contribution in [-0.2, 0) is 9.59 Å². The van der Waals surface area contributed by atoms with Gasteiger partial charge in [0.05, 0.1) is 43.3 Å². The van der Waals surface area contributed by atoms with E-state index in [0.29, 0.717) is 18.8 Å². The van der Waals surface area contributed by atoms with E-state index in [1.165, 1.54) is 6.08 Å². The SMILES string of the molecule is CN(CCO)C1=CC(=O)C(=Nc2ccc(N(CCO)CCO)cc2)CC1=O. The van der Waals surface area contributed by atoms with Gasteiger partial charge in [0.2, 0.25) is 5.78 Å². The van der Waals surface area contributed by atoms with Crippen LogP contribution in [-0.4, -0.2) is 84.0 Å². The Morgan fingerprint density at radius 2 is 1.56 bits per heavy atom. The normalized spacial score (nSPS) is 15.9. The summed E-state index contributed by atoms with van der Waals surface area (Å²) in [7, 11) is 1.65. The smallest absolute Gasteiger partial charge is 0.202 e. The summed E-state index contributed by atoms with van der Waals surface area (Å²) in [6.45, 7) is 0.913. The number of allylic oxidation sites excluding steroid dienone is 2. The van der Waals surface area contributed by atoms with Crippen LogP contribution in [0.4, 0.5) is 11.4 Å². The second kappa shape index (κ2) is 9.96. The Hall–Kier alpha value is -2.55. The Kier molecular flexibility index (Phi) is 7.66. The van der Waals surface area contributed by atoms with Crippen LogP contribution in [0.3, 0.4) is 0 Å². The number of carbonyl (C=O) groups is 2. The summed E-state index contributed by atoms with van der Waals surface area (Å²) in [6.07, 6.45) is 1.18. The minimum atomic E-state index is -0.319. The molecule has 146 valence electrons. The largest absolute Gasteiger partial charge is 0.395 e. The number of likely N-dealkylation sites (N-methyl/N-ethyl adjacent to an activating group) is 1. The first-order chi connectivity index (χ1) is 13.0. The average Bonchev–Trinajstić information content (AvgIpc) is 2.65. The molecule has 27 heavy (non-hydrogen) atoms. The lowest BCUT2D eigenvalue weighted by Crippen LogP contribution is -2.33. The van der Waals surface area contributed by atoms with Gasteiger partial charge in [-0.25, -0.2) is 4.99 Å². The van der Waals surface area contributed by atoms with Crippen molar-refractivity contribution in [1.29, 1.82) is 0 Å². The van der Waals surface area contributed by atoms with Gasteiger partial charge in [0.1, 0.15) is 0 Å². The first-order valence-corrected chi connectivity index (χ1v) is 8.75. The summed E-state index contributed by atoms with van der Waals surface area (Å²) in [6, 6.07) is 7.02. The minimum Gasteiger partial charge on any atom is -0.395 e. The molecule has 2 rings (SSSR count). The van der Waals surface area contributed by atoms with Gasteiger partial charge >= 0.3 is 0 Å². The van der Waals surface area contributed by atoms with E-state index >= 15 is 0 Å². The predicted molar refractivity (Wildman–Crippen MR) is 102 cm³/mol. The minimum absolute atomic E-state index is 0.0277. The topological polar surface area (TPSA) is 114 Å². The molecule has 0 saturated heterocycles. The second-order valence-electron chi connectivity index (χ2n) is 6.15. The zero-order valence-corrected chi connectivity index (χ0v) is 15.3.